The number of amides is 2. The topological polar surface area (TPSA) is 89.0 Å². The summed E-state index contributed by atoms with van der Waals surface area (Å²) in [6, 6.07) is 12.5. The summed E-state index contributed by atoms with van der Waals surface area (Å²) in [7, 11) is 0. The second kappa shape index (κ2) is 11.1. The van der Waals surface area contributed by atoms with Crippen molar-refractivity contribution in [1.82, 2.24) is 10.7 Å². The van der Waals surface area contributed by atoms with Crippen LogP contribution in [-0.2, 0) is 16.2 Å². The Hall–Kier alpha value is -3.06. The molecule has 0 aliphatic rings. The van der Waals surface area contributed by atoms with Crippen LogP contribution in [0.25, 0.3) is 0 Å². The summed E-state index contributed by atoms with van der Waals surface area (Å²) in [6.07, 6.45) is 1.42. The number of hydrogen-bond acceptors (Lipinski definition) is 5. The van der Waals surface area contributed by atoms with Gasteiger partial charge in [0.1, 0.15) is 6.61 Å². The lowest BCUT2D eigenvalue weighted by molar-refractivity contribution is -0.139. The molecule has 0 heterocycles. The standard InChI is InChI=1S/C21H24ClN3O4/c1-4-28-19-11-16(12-23-25-21(27)20(26)24-14(2)3)7-10-18(19)29-13-15-5-8-17(22)9-6-15/h5-12,14H,4,13H2,1-3H3,(H,24,26)(H,25,27)/b23-12-. The largest absolute Gasteiger partial charge is 0.490 e. The number of hydrogen-bond donors (Lipinski definition) is 2. The highest BCUT2D eigenvalue weighted by molar-refractivity contribution is 6.35. The maximum atomic E-state index is 11.6. The first-order valence-electron chi connectivity index (χ1n) is 9.17. The van der Waals surface area contributed by atoms with Gasteiger partial charge < -0.3 is 14.8 Å². The van der Waals surface area contributed by atoms with Gasteiger partial charge in [0.15, 0.2) is 11.5 Å². The van der Waals surface area contributed by atoms with Crippen LogP contribution in [0.2, 0.25) is 5.02 Å². The third-order valence-corrected chi connectivity index (χ3v) is 3.83. The Morgan fingerprint density at radius 2 is 1.79 bits per heavy atom. The third-order valence-electron chi connectivity index (χ3n) is 3.58. The molecule has 2 rings (SSSR count). The van der Waals surface area contributed by atoms with E-state index < -0.39 is 11.8 Å². The first-order valence-corrected chi connectivity index (χ1v) is 9.54. The maximum Gasteiger partial charge on any atom is 0.329 e. The Morgan fingerprint density at radius 3 is 2.45 bits per heavy atom. The van der Waals surface area contributed by atoms with Crippen LogP contribution >= 0.6 is 11.6 Å². The minimum Gasteiger partial charge on any atom is -0.490 e. The Labute approximate surface area is 175 Å². The summed E-state index contributed by atoms with van der Waals surface area (Å²) < 4.78 is 11.5. The van der Waals surface area contributed by atoms with E-state index in [2.05, 4.69) is 15.8 Å². The Balaban J connectivity index is 2.01. The minimum absolute atomic E-state index is 0.133. The average Bonchev–Trinajstić information content (AvgIpc) is 2.68. The van der Waals surface area contributed by atoms with Crippen LogP contribution in [0.1, 0.15) is 31.9 Å². The molecule has 2 aromatic rings. The molecule has 0 radical (unpaired) electrons. The molecule has 0 bridgehead atoms. The number of rotatable bonds is 8. The molecule has 0 atom stereocenters. The number of nitrogens with one attached hydrogen (secondary N) is 2. The molecule has 0 aliphatic heterocycles. The predicted octanol–water partition coefficient (Wildman–Crippen LogP) is 3.29. The summed E-state index contributed by atoms with van der Waals surface area (Å²) in [6.45, 7) is 6.23. The molecule has 2 N–H and O–H groups in total. The molecule has 0 spiro atoms. The first-order chi connectivity index (χ1) is 13.9. The van der Waals surface area contributed by atoms with Crippen molar-refractivity contribution in [2.75, 3.05) is 6.61 Å². The minimum atomic E-state index is -0.831. The van der Waals surface area contributed by atoms with Gasteiger partial charge in [0.2, 0.25) is 0 Å². The molecule has 2 aromatic carbocycles. The van der Waals surface area contributed by atoms with Crippen LogP contribution in [0.3, 0.4) is 0 Å². The molecule has 8 heteroatoms. The summed E-state index contributed by atoms with van der Waals surface area (Å²) in [5.41, 5.74) is 3.84. The lowest BCUT2D eigenvalue weighted by Crippen LogP contribution is -2.41. The average molecular weight is 418 g/mol. The third kappa shape index (κ3) is 7.46. The Kier molecular flexibility index (Phi) is 8.48. The highest BCUT2D eigenvalue weighted by atomic mass is 35.5. The number of halogens is 1. The van der Waals surface area contributed by atoms with Crippen LogP contribution in [0.4, 0.5) is 0 Å². The van der Waals surface area contributed by atoms with Gasteiger partial charge in [-0.25, -0.2) is 5.43 Å². The van der Waals surface area contributed by atoms with E-state index in [1.807, 2.05) is 19.1 Å². The molecule has 154 valence electrons. The molecule has 0 aliphatic carbocycles. The predicted molar refractivity (Wildman–Crippen MR) is 112 cm³/mol. The fourth-order valence-corrected chi connectivity index (χ4v) is 2.40. The molecular weight excluding hydrogens is 394 g/mol. The number of ether oxygens (including phenoxy) is 2. The quantitative estimate of drug-likeness (QED) is 0.392. The zero-order valence-corrected chi connectivity index (χ0v) is 17.3. The van der Waals surface area contributed by atoms with Gasteiger partial charge in [-0.15, -0.1) is 0 Å². The van der Waals surface area contributed by atoms with Crippen molar-refractivity contribution in [3.05, 3.63) is 58.6 Å². The van der Waals surface area contributed by atoms with Crippen LogP contribution in [0.15, 0.2) is 47.6 Å². The van der Waals surface area contributed by atoms with Gasteiger partial charge in [0.05, 0.1) is 12.8 Å². The highest BCUT2D eigenvalue weighted by Gasteiger charge is 2.13. The second-order valence-electron chi connectivity index (χ2n) is 6.38. The number of benzene rings is 2. The van der Waals surface area contributed by atoms with Crippen molar-refractivity contribution in [3.63, 3.8) is 0 Å². The van der Waals surface area contributed by atoms with Crippen molar-refractivity contribution in [3.8, 4) is 11.5 Å². The number of carbonyl (C=O) groups is 2. The van der Waals surface area contributed by atoms with E-state index in [0.29, 0.717) is 35.3 Å². The van der Waals surface area contributed by atoms with E-state index in [1.165, 1.54) is 6.21 Å². The van der Waals surface area contributed by atoms with Gasteiger partial charge in [0, 0.05) is 11.1 Å². The fourth-order valence-electron chi connectivity index (χ4n) is 2.28. The van der Waals surface area contributed by atoms with E-state index in [-0.39, 0.29) is 6.04 Å². The van der Waals surface area contributed by atoms with E-state index in [9.17, 15) is 9.59 Å². The van der Waals surface area contributed by atoms with Crippen molar-refractivity contribution < 1.29 is 19.1 Å². The zero-order valence-electron chi connectivity index (χ0n) is 16.6. The normalized spacial score (nSPS) is 10.8. The number of hydrazone groups is 1. The monoisotopic (exact) mass is 417 g/mol. The van der Waals surface area contributed by atoms with Crippen LogP contribution < -0.4 is 20.2 Å². The van der Waals surface area contributed by atoms with Crippen LogP contribution in [-0.4, -0.2) is 30.7 Å². The van der Waals surface area contributed by atoms with Crippen LogP contribution in [0, 0.1) is 0 Å². The Bertz CT molecular complexity index is 867. The summed E-state index contributed by atoms with van der Waals surface area (Å²) in [5.74, 6) is -0.436. The lowest BCUT2D eigenvalue weighted by atomic mass is 10.2. The first kappa shape index (κ1) is 22.2. The van der Waals surface area contributed by atoms with Crippen molar-refractivity contribution in [2.24, 2.45) is 5.10 Å². The molecule has 7 nitrogen and oxygen atoms in total. The summed E-state index contributed by atoms with van der Waals surface area (Å²) in [5, 5.41) is 6.96. The molecule has 0 fully saturated rings. The summed E-state index contributed by atoms with van der Waals surface area (Å²) in [4.78, 5) is 23.2. The van der Waals surface area contributed by atoms with Gasteiger partial charge in [-0.3, -0.25) is 9.59 Å². The van der Waals surface area contributed by atoms with Gasteiger partial charge in [-0.05, 0) is 62.2 Å². The van der Waals surface area contributed by atoms with Gasteiger partial charge in [0.25, 0.3) is 0 Å². The smallest absolute Gasteiger partial charge is 0.329 e. The molecule has 0 saturated carbocycles. The second-order valence-corrected chi connectivity index (χ2v) is 6.82. The molecule has 0 aromatic heterocycles. The van der Waals surface area contributed by atoms with Crippen molar-refractivity contribution in [2.45, 2.75) is 33.4 Å². The number of nitrogens with zero attached hydrogens (tertiary/aromatic N) is 1. The zero-order chi connectivity index (χ0) is 21.2. The highest BCUT2D eigenvalue weighted by Crippen LogP contribution is 2.29. The fraction of sp³-hybridized carbons (Fsp3) is 0.286. The van der Waals surface area contributed by atoms with E-state index >= 15 is 0 Å². The van der Waals surface area contributed by atoms with Crippen molar-refractivity contribution in [1.29, 1.82) is 0 Å². The molecule has 0 saturated heterocycles. The van der Waals surface area contributed by atoms with E-state index in [4.69, 9.17) is 21.1 Å². The number of carbonyl (C=O) groups excluding carboxylic acids is 2. The lowest BCUT2D eigenvalue weighted by Gasteiger charge is -2.12. The van der Waals surface area contributed by atoms with Gasteiger partial charge in [-0.1, -0.05) is 23.7 Å². The SMILES string of the molecule is CCOc1cc(/C=N\NC(=O)C(=O)NC(C)C)ccc1OCc1ccc(Cl)cc1. The maximum absolute atomic E-state index is 11.6. The van der Waals surface area contributed by atoms with Crippen molar-refractivity contribution >= 4 is 29.6 Å². The van der Waals surface area contributed by atoms with Gasteiger partial charge in [-0.2, -0.15) is 5.10 Å². The van der Waals surface area contributed by atoms with Gasteiger partial charge >= 0.3 is 11.8 Å². The van der Waals surface area contributed by atoms with E-state index in [1.54, 1.807) is 44.2 Å². The molecular formula is C21H24ClN3O4. The molecule has 2 amide bonds. The Morgan fingerprint density at radius 1 is 1.07 bits per heavy atom. The molecule has 0 unspecified atom stereocenters. The van der Waals surface area contributed by atoms with E-state index in [0.717, 1.165) is 5.56 Å². The summed E-state index contributed by atoms with van der Waals surface area (Å²) >= 11 is 5.89. The molecule has 29 heavy (non-hydrogen) atoms. The van der Waals surface area contributed by atoms with Crippen LogP contribution in [0.5, 0.6) is 11.5 Å².